The van der Waals surface area contributed by atoms with Gasteiger partial charge in [-0.2, -0.15) is 0 Å². The van der Waals surface area contributed by atoms with Gasteiger partial charge in [-0.25, -0.2) is 0 Å². The Hall–Kier alpha value is -1.88. The third-order valence-electron chi connectivity index (χ3n) is 6.22. The van der Waals surface area contributed by atoms with Crippen LogP contribution >= 0.6 is 0 Å². The molecule has 0 radical (unpaired) electrons. The third-order valence-corrected chi connectivity index (χ3v) is 6.22. The van der Waals surface area contributed by atoms with Gasteiger partial charge in [0, 0.05) is 45.2 Å². The molecule has 0 spiro atoms. The highest BCUT2D eigenvalue weighted by molar-refractivity contribution is 5.81. The summed E-state index contributed by atoms with van der Waals surface area (Å²) in [7, 11) is 0. The minimum absolute atomic E-state index is 0.108. The Balaban J connectivity index is 1.47. The van der Waals surface area contributed by atoms with Crippen molar-refractivity contribution in [3.8, 4) is 0 Å². The number of nitrogens with zero attached hydrogens (tertiary/aromatic N) is 3. The first-order valence-electron chi connectivity index (χ1n) is 9.50. The minimum atomic E-state index is 0.108. The van der Waals surface area contributed by atoms with Gasteiger partial charge in [0.2, 0.25) is 11.8 Å². The van der Waals surface area contributed by atoms with Crippen LogP contribution in [-0.2, 0) is 9.59 Å². The standard InChI is InChI=1S/C20H27N3O2/c1-15(24)21-10-12-22(13-11-21)20(25)17-14-19(16-6-3-2-4-7-16)23-9-5-8-18(17)23/h2-4,6-7,17-19H,5,8-14H2,1H3/t17-,18+,19-/m0/s1. The summed E-state index contributed by atoms with van der Waals surface area (Å²) in [5.41, 5.74) is 1.34. The van der Waals surface area contributed by atoms with Crippen LogP contribution in [0.3, 0.4) is 0 Å². The first-order chi connectivity index (χ1) is 12.1. The Morgan fingerprint density at radius 1 is 0.960 bits per heavy atom. The lowest BCUT2D eigenvalue weighted by Crippen LogP contribution is -2.52. The van der Waals surface area contributed by atoms with Gasteiger partial charge < -0.3 is 9.80 Å². The van der Waals surface area contributed by atoms with E-state index in [0.717, 1.165) is 19.4 Å². The Bertz CT molecular complexity index is 640. The second kappa shape index (κ2) is 6.79. The molecule has 0 aliphatic carbocycles. The first kappa shape index (κ1) is 16.6. The lowest BCUT2D eigenvalue weighted by molar-refractivity contribution is -0.141. The molecule has 4 rings (SSSR count). The van der Waals surface area contributed by atoms with Gasteiger partial charge in [0.15, 0.2) is 0 Å². The van der Waals surface area contributed by atoms with E-state index in [1.807, 2.05) is 9.80 Å². The Morgan fingerprint density at radius 3 is 2.32 bits per heavy atom. The molecule has 0 unspecified atom stereocenters. The van der Waals surface area contributed by atoms with Gasteiger partial charge in [0.1, 0.15) is 0 Å². The van der Waals surface area contributed by atoms with Gasteiger partial charge in [-0.15, -0.1) is 0 Å². The van der Waals surface area contributed by atoms with E-state index in [2.05, 4.69) is 35.2 Å². The minimum Gasteiger partial charge on any atom is -0.339 e. The van der Waals surface area contributed by atoms with Crippen LogP contribution < -0.4 is 0 Å². The molecule has 3 saturated heterocycles. The summed E-state index contributed by atoms with van der Waals surface area (Å²) in [5.74, 6) is 0.522. The van der Waals surface area contributed by atoms with Crippen molar-refractivity contribution in [3.63, 3.8) is 0 Å². The van der Waals surface area contributed by atoms with Crippen molar-refractivity contribution in [2.45, 2.75) is 38.3 Å². The summed E-state index contributed by atoms with van der Waals surface area (Å²) in [6.45, 7) is 5.41. The monoisotopic (exact) mass is 341 g/mol. The van der Waals surface area contributed by atoms with Crippen molar-refractivity contribution in [1.29, 1.82) is 0 Å². The Labute approximate surface area is 149 Å². The van der Waals surface area contributed by atoms with Crippen molar-refractivity contribution in [2.24, 2.45) is 5.92 Å². The second-order valence-electron chi connectivity index (χ2n) is 7.55. The fourth-order valence-corrected chi connectivity index (χ4v) is 4.91. The van der Waals surface area contributed by atoms with Crippen molar-refractivity contribution in [1.82, 2.24) is 14.7 Å². The number of rotatable bonds is 2. The molecule has 2 amide bonds. The number of fused-ring (bicyclic) bond motifs is 1. The molecule has 0 N–H and O–H groups in total. The highest BCUT2D eigenvalue weighted by Gasteiger charge is 2.48. The average molecular weight is 341 g/mol. The Kier molecular flexibility index (Phi) is 4.50. The Morgan fingerprint density at radius 2 is 1.64 bits per heavy atom. The van der Waals surface area contributed by atoms with Crippen molar-refractivity contribution in [3.05, 3.63) is 35.9 Å². The maximum absolute atomic E-state index is 13.2. The number of hydrogen-bond acceptors (Lipinski definition) is 3. The van der Waals surface area contributed by atoms with E-state index in [4.69, 9.17) is 0 Å². The van der Waals surface area contributed by atoms with E-state index in [1.165, 1.54) is 12.0 Å². The zero-order chi connectivity index (χ0) is 17.4. The van der Waals surface area contributed by atoms with Crippen LogP contribution in [0.15, 0.2) is 30.3 Å². The van der Waals surface area contributed by atoms with Gasteiger partial charge in [-0.1, -0.05) is 30.3 Å². The fraction of sp³-hybridized carbons (Fsp3) is 0.600. The average Bonchev–Trinajstić information content (AvgIpc) is 3.24. The summed E-state index contributed by atoms with van der Waals surface area (Å²) in [4.78, 5) is 31.1. The quantitative estimate of drug-likeness (QED) is 0.825. The maximum atomic E-state index is 13.2. The molecular formula is C20H27N3O2. The molecule has 5 nitrogen and oxygen atoms in total. The molecule has 25 heavy (non-hydrogen) atoms. The van der Waals surface area contributed by atoms with Crippen LogP contribution in [0.2, 0.25) is 0 Å². The summed E-state index contributed by atoms with van der Waals surface area (Å²) in [5, 5.41) is 0. The maximum Gasteiger partial charge on any atom is 0.227 e. The summed E-state index contributed by atoms with van der Waals surface area (Å²) in [6.07, 6.45) is 3.25. The van der Waals surface area contributed by atoms with Crippen LogP contribution in [0.4, 0.5) is 0 Å². The SMILES string of the molecule is CC(=O)N1CCN(C(=O)[C@H]2C[C@@H](c3ccccc3)N3CCC[C@H]23)CC1. The topological polar surface area (TPSA) is 43.9 Å². The molecule has 1 aromatic carbocycles. The smallest absolute Gasteiger partial charge is 0.227 e. The molecule has 134 valence electrons. The van der Waals surface area contributed by atoms with Crippen LogP contribution in [0.1, 0.15) is 37.8 Å². The van der Waals surface area contributed by atoms with E-state index in [0.29, 0.717) is 44.2 Å². The van der Waals surface area contributed by atoms with Crippen molar-refractivity contribution in [2.75, 3.05) is 32.7 Å². The number of carbonyl (C=O) groups is 2. The van der Waals surface area contributed by atoms with Crippen LogP contribution in [0.25, 0.3) is 0 Å². The predicted molar refractivity (Wildman–Crippen MR) is 95.9 cm³/mol. The highest BCUT2D eigenvalue weighted by atomic mass is 16.2. The summed E-state index contributed by atoms with van der Waals surface area (Å²) in [6, 6.07) is 11.4. The van der Waals surface area contributed by atoms with E-state index in [1.54, 1.807) is 6.92 Å². The predicted octanol–water partition coefficient (Wildman–Crippen LogP) is 1.90. The molecule has 3 aliphatic rings. The van der Waals surface area contributed by atoms with Crippen LogP contribution in [0.5, 0.6) is 0 Å². The van der Waals surface area contributed by atoms with Crippen LogP contribution in [-0.4, -0.2) is 65.3 Å². The molecule has 3 fully saturated rings. The van der Waals surface area contributed by atoms with Crippen molar-refractivity contribution < 1.29 is 9.59 Å². The molecule has 3 aliphatic heterocycles. The number of hydrogen-bond donors (Lipinski definition) is 0. The van der Waals surface area contributed by atoms with Gasteiger partial charge in [0.05, 0.1) is 5.92 Å². The van der Waals surface area contributed by atoms with Crippen molar-refractivity contribution >= 4 is 11.8 Å². The normalized spacial score (nSPS) is 29.7. The summed E-state index contributed by atoms with van der Waals surface area (Å²) >= 11 is 0. The second-order valence-corrected chi connectivity index (χ2v) is 7.55. The molecule has 1 aromatic rings. The van der Waals surface area contributed by atoms with E-state index < -0.39 is 0 Å². The fourth-order valence-electron chi connectivity index (χ4n) is 4.91. The van der Waals surface area contributed by atoms with Gasteiger partial charge in [-0.05, 0) is 31.4 Å². The van der Waals surface area contributed by atoms with E-state index >= 15 is 0 Å². The molecule has 0 aromatic heterocycles. The van der Waals surface area contributed by atoms with Gasteiger partial charge in [0.25, 0.3) is 0 Å². The molecular weight excluding hydrogens is 314 g/mol. The number of piperazine rings is 1. The van der Waals surface area contributed by atoms with Gasteiger partial charge in [-0.3, -0.25) is 14.5 Å². The molecule has 3 heterocycles. The van der Waals surface area contributed by atoms with E-state index in [-0.39, 0.29) is 11.8 Å². The number of benzene rings is 1. The van der Waals surface area contributed by atoms with E-state index in [9.17, 15) is 9.59 Å². The largest absolute Gasteiger partial charge is 0.339 e. The molecule has 5 heteroatoms. The third kappa shape index (κ3) is 3.06. The highest BCUT2D eigenvalue weighted by Crippen LogP contribution is 2.45. The lowest BCUT2D eigenvalue weighted by Gasteiger charge is -2.36. The summed E-state index contributed by atoms with van der Waals surface area (Å²) < 4.78 is 0. The molecule has 3 atom stereocenters. The zero-order valence-electron chi connectivity index (χ0n) is 14.9. The van der Waals surface area contributed by atoms with Crippen LogP contribution in [0, 0.1) is 5.92 Å². The molecule has 0 bridgehead atoms. The zero-order valence-corrected chi connectivity index (χ0v) is 14.9. The first-order valence-corrected chi connectivity index (χ1v) is 9.50. The molecule has 0 saturated carbocycles. The lowest BCUT2D eigenvalue weighted by atomic mass is 9.93. The van der Waals surface area contributed by atoms with Gasteiger partial charge >= 0.3 is 0 Å². The number of carbonyl (C=O) groups excluding carboxylic acids is 2. The number of amides is 2.